The summed E-state index contributed by atoms with van der Waals surface area (Å²) in [5.41, 5.74) is 6.06. The van der Waals surface area contributed by atoms with Crippen LogP contribution in [0, 0.1) is 10.1 Å². The Morgan fingerprint density at radius 3 is 2.82 bits per heavy atom. The van der Waals surface area contributed by atoms with Gasteiger partial charge in [0.05, 0.1) is 4.92 Å². The molecule has 0 radical (unpaired) electrons. The number of para-hydroxylation sites is 1. The Labute approximate surface area is 97.6 Å². The number of nitrogens with zero attached hydrogens (tertiary/aromatic N) is 3. The molecule has 2 N–H and O–H groups in total. The average Bonchev–Trinajstić information content (AvgIpc) is 2.28. The molecule has 0 saturated carbocycles. The van der Waals surface area contributed by atoms with Crippen molar-refractivity contribution in [3.05, 3.63) is 34.1 Å². The van der Waals surface area contributed by atoms with Gasteiger partial charge in [0.15, 0.2) is 5.52 Å². The molecule has 0 spiro atoms. The van der Waals surface area contributed by atoms with E-state index < -0.39 is 4.92 Å². The summed E-state index contributed by atoms with van der Waals surface area (Å²) < 4.78 is 0. The smallest absolute Gasteiger partial charge is 0.295 e. The number of aryl methyl sites for hydroxylation is 1. The van der Waals surface area contributed by atoms with Crippen LogP contribution in [0.2, 0.25) is 0 Å². The molecule has 0 fully saturated rings. The maximum Gasteiger partial charge on any atom is 0.295 e. The van der Waals surface area contributed by atoms with E-state index in [9.17, 15) is 10.1 Å². The monoisotopic (exact) mass is 232 g/mol. The minimum atomic E-state index is -0.454. The Hall–Kier alpha value is -2.24. The van der Waals surface area contributed by atoms with Crippen LogP contribution in [-0.2, 0) is 6.42 Å². The fourth-order valence-electron chi connectivity index (χ4n) is 1.69. The van der Waals surface area contributed by atoms with Gasteiger partial charge in [0.25, 0.3) is 5.69 Å². The van der Waals surface area contributed by atoms with Crippen molar-refractivity contribution >= 4 is 22.4 Å². The zero-order valence-electron chi connectivity index (χ0n) is 9.38. The molecule has 1 aromatic heterocycles. The highest BCUT2D eigenvalue weighted by atomic mass is 16.6. The van der Waals surface area contributed by atoms with Crippen LogP contribution in [0.4, 0.5) is 11.5 Å². The number of benzene rings is 1. The van der Waals surface area contributed by atoms with Crippen molar-refractivity contribution in [1.82, 2.24) is 9.97 Å². The maximum absolute atomic E-state index is 10.9. The highest BCUT2D eigenvalue weighted by Gasteiger charge is 2.15. The van der Waals surface area contributed by atoms with Crippen molar-refractivity contribution in [3.8, 4) is 0 Å². The SMILES string of the molecule is CCCc1nc(N)c2cccc([N+](=O)[O-])c2n1. The normalized spacial score (nSPS) is 10.6. The van der Waals surface area contributed by atoms with E-state index >= 15 is 0 Å². The molecule has 0 aliphatic rings. The van der Waals surface area contributed by atoms with Crippen LogP contribution in [0.1, 0.15) is 19.2 Å². The molecule has 6 heteroatoms. The molecule has 0 atom stereocenters. The molecular formula is C11H12N4O2. The highest BCUT2D eigenvalue weighted by molar-refractivity contribution is 5.93. The Kier molecular flexibility index (Phi) is 2.86. The third kappa shape index (κ3) is 2.01. The first-order valence-corrected chi connectivity index (χ1v) is 5.33. The quantitative estimate of drug-likeness (QED) is 0.645. The van der Waals surface area contributed by atoms with Gasteiger partial charge in [0, 0.05) is 17.9 Å². The van der Waals surface area contributed by atoms with E-state index in [1.54, 1.807) is 12.1 Å². The van der Waals surface area contributed by atoms with Crippen molar-refractivity contribution in [2.24, 2.45) is 0 Å². The van der Waals surface area contributed by atoms with Gasteiger partial charge in [0.2, 0.25) is 0 Å². The number of fused-ring (bicyclic) bond motifs is 1. The molecule has 2 aromatic rings. The second-order valence-electron chi connectivity index (χ2n) is 3.71. The summed E-state index contributed by atoms with van der Waals surface area (Å²) >= 11 is 0. The summed E-state index contributed by atoms with van der Waals surface area (Å²) in [5, 5.41) is 11.4. The number of aromatic nitrogens is 2. The fraction of sp³-hybridized carbons (Fsp3) is 0.273. The van der Waals surface area contributed by atoms with E-state index in [1.165, 1.54) is 6.07 Å². The molecule has 2 rings (SSSR count). The van der Waals surface area contributed by atoms with Gasteiger partial charge >= 0.3 is 0 Å². The Morgan fingerprint density at radius 2 is 2.18 bits per heavy atom. The van der Waals surface area contributed by atoms with Gasteiger partial charge in [0.1, 0.15) is 11.6 Å². The zero-order chi connectivity index (χ0) is 12.4. The van der Waals surface area contributed by atoms with E-state index in [4.69, 9.17) is 5.73 Å². The first-order chi connectivity index (χ1) is 8.13. The van der Waals surface area contributed by atoms with E-state index in [2.05, 4.69) is 9.97 Å². The third-order valence-electron chi connectivity index (χ3n) is 2.45. The first-order valence-electron chi connectivity index (χ1n) is 5.33. The molecule has 6 nitrogen and oxygen atoms in total. The minimum Gasteiger partial charge on any atom is -0.383 e. The summed E-state index contributed by atoms with van der Waals surface area (Å²) in [5.74, 6) is 0.842. The number of non-ortho nitro benzene ring substituents is 1. The van der Waals surface area contributed by atoms with Gasteiger partial charge in [-0.1, -0.05) is 13.0 Å². The lowest BCUT2D eigenvalue weighted by Gasteiger charge is -2.04. The van der Waals surface area contributed by atoms with E-state index in [-0.39, 0.29) is 5.69 Å². The maximum atomic E-state index is 10.9. The first kappa shape index (κ1) is 11.3. The highest BCUT2D eigenvalue weighted by Crippen LogP contribution is 2.26. The van der Waals surface area contributed by atoms with Crippen LogP contribution < -0.4 is 5.73 Å². The number of nitrogen functional groups attached to an aromatic ring is 1. The topological polar surface area (TPSA) is 94.9 Å². The van der Waals surface area contributed by atoms with Crippen LogP contribution in [0.3, 0.4) is 0 Å². The average molecular weight is 232 g/mol. The largest absolute Gasteiger partial charge is 0.383 e. The molecule has 0 bridgehead atoms. The lowest BCUT2D eigenvalue weighted by Crippen LogP contribution is -2.02. The number of anilines is 1. The molecular weight excluding hydrogens is 220 g/mol. The number of hydrogen-bond donors (Lipinski definition) is 1. The number of rotatable bonds is 3. The summed E-state index contributed by atoms with van der Waals surface area (Å²) in [6.45, 7) is 1.99. The van der Waals surface area contributed by atoms with Crippen LogP contribution in [0.25, 0.3) is 10.9 Å². The number of nitro groups is 1. The lowest BCUT2D eigenvalue weighted by atomic mass is 10.2. The van der Waals surface area contributed by atoms with Crippen molar-refractivity contribution in [1.29, 1.82) is 0 Å². The Morgan fingerprint density at radius 1 is 1.41 bits per heavy atom. The van der Waals surface area contributed by atoms with Crippen LogP contribution in [0.15, 0.2) is 18.2 Å². The van der Waals surface area contributed by atoms with Gasteiger partial charge in [-0.3, -0.25) is 10.1 Å². The molecule has 1 heterocycles. The molecule has 0 aliphatic carbocycles. The number of nitro benzene ring substituents is 1. The van der Waals surface area contributed by atoms with Gasteiger partial charge in [-0.2, -0.15) is 0 Å². The minimum absolute atomic E-state index is 0.0334. The second-order valence-corrected chi connectivity index (χ2v) is 3.71. The predicted molar refractivity (Wildman–Crippen MR) is 64.6 cm³/mol. The standard InChI is InChI=1S/C11H12N4O2/c1-2-4-9-13-10-7(11(12)14-9)5-3-6-8(10)15(16)17/h3,5-6H,2,4H2,1H3,(H2,12,13,14). The van der Waals surface area contributed by atoms with E-state index in [0.717, 1.165) is 6.42 Å². The molecule has 0 saturated heterocycles. The van der Waals surface area contributed by atoms with E-state index in [1.807, 2.05) is 6.92 Å². The van der Waals surface area contributed by atoms with Crippen molar-refractivity contribution in [3.63, 3.8) is 0 Å². The van der Waals surface area contributed by atoms with Crippen molar-refractivity contribution < 1.29 is 4.92 Å². The molecule has 0 unspecified atom stereocenters. The summed E-state index contributed by atoms with van der Waals surface area (Å²) in [7, 11) is 0. The molecule has 17 heavy (non-hydrogen) atoms. The van der Waals surface area contributed by atoms with Crippen LogP contribution in [-0.4, -0.2) is 14.9 Å². The van der Waals surface area contributed by atoms with Gasteiger partial charge in [-0.05, 0) is 12.5 Å². The van der Waals surface area contributed by atoms with Gasteiger partial charge < -0.3 is 5.73 Å². The lowest BCUT2D eigenvalue weighted by molar-refractivity contribution is -0.383. The third-order valence-corrected chi connectivity index (χ3v) is 2.45. The van der Waals surface area contributed by atoms with Crippen LogP contribution in [0.5, 0.6) is 0 Å². The van der Waals surface area contributed by atoms with Crippen molar-refractivity contribution in [2.45, 2.75) is 19.8 Å². The molecule has 0 amide bonds. The van der Waals surface area contributed by atoms with E-state index in [0.29, 0.717) is 29.0 Å². The molecule has 0 aliphatic heterocycles. The molecule has 1 aromatic carbocycles. The predicted octanol–water partition coefficient (Wildman–Crippen LogP) is 2.07. The Balaban J connectivity index is 2.73. The van der Waals surface area contributed by atoms with Crippen molar-refractivity contribution in [2.75, 3.05) is 5.73 Å². The number of nitrogens with two attached hydrogens (primary N) is 1. The van der Waals surface area contributed by atoms with Gasteiger partial charge in [-0.25, -0.2) is 9.97 Å². The number of hydrogen-bond acceptors (Lipinski definition) is 5. The second kappa shape index (κ2) is 4.32. The zero-order valence-corrected chi connectivity index (χ0v) is 9.38. The molecule has 88 valence electrons. The fourth-order valence-corrected chi connectivity index (χ4v) is 1.69. The summed E-state index contributed by atoms with van der Waals surface area (Å²) in [6, 6.07) is 4.69. The summed E-state index contributed by atoms with van der Waals surface area (Å²) in [6.07, 6.45) is 1.53. The van der Waals surface area contributed by atoms with Gasteiger partial charge in [-0.15, -0.1) is 0 Å². The summed E-state index contributed by atoms with van der Waals surface area (Å²) in [4.78, 5) is 18.8. The Bertz CT molecular complexity index is 583. The van der Waals surface area contributed by atoms with Crippen LogP contribution >= 0.6 is 0 Å².